The van der Waals surface area contributed by atoms with Crippen molar-refractivity contribution >= 4 is 23.4 Å². The van der Waals surface area contributed by atoms with Gasteiger partial charge in [-0.05, 0) is 36.6 Å². The molecule has 2 saturated heterocycles. The first-order chi connectivity index (χ1) is 10.5. The number of likely N-dealkylation sites (tertiary alicyclic amines) is 2. The van der Waals surface area contributed by atoms with Gasteiger partial charge in [-0.3, -0.25) is 9.59 Å². The van der Waals surface area contributed by atoms with Crippen LogP contribution < -0.4 is 4.74 Å². The van der Waals surface area contributed by atoms with Crippen molar-refractivity contribution in [2.24, 2.45) is 5.92 Å². The van der Waals surface area contributed by atoms with Gasteiger partial charge in [0.2, 0.25) is 5.91 Å². The predicted molar refractivity (Wildman–Crippen MR) is 82.8 cm³/mol. The molecule has 0 spiro atoms. The molecule has 2 atom stereocenters. The van der Waals surface area contributed by atoms with Gasteiger partial charge in [-0.25, -0.2) is 0 Å². The predicted octanol–water partition coefficient (Wildman–Crippen LogP) is 1.80. The minimum Gasteiger partial charge on any atom is -0.484 e. The third-order valence-electron chi connectivity index (χ3n) is 4.58. The molecule has 2 aliphatic heterocycles. The number of piperidine rings is 1. The number of nitrogens with zero attached hydrogens (tertiary/aromatic N) is 2. The van der Waals surface area contributed by atoms with E-state index in [9.17, 15) is 9.59 Å². The highest BCUT2D eigenvalue weighted by Crippen LogP contribution is 2.31. The number of hydrogen-bond donors (Lipinski definition) is 0. The molecule has 118 valence electrons. The normalized spacial score (nSPS) is 24.4. The second-order valence-electron chi connectivity index (χ2n) is 5.91. The Morgan fingerprint density at radius 2 is 2.09 bits per heavy atom. The molecule has 0 bridgehead atoms. The molecule has 0 unspecified atom stereocenters. The molecule has 5 nitrogen and oxygen atoms in total. The van der Waals surface area contributed by atoms with Gasteiger partial charge in [0.15, 0.2) is 6.61 Å². The lowest BCUT2D eigenvalue weighted by Crippen LogP contribution is -2.50. The van der Waals surface area contributed by atoms with Crippen molar-refractivity contribution in [2.45, 2.75) is 18.9 Å². The second-order valence-corrected chi connectivity index (χ2v) is 6.34. The molecule has 1 aromatic carbocycles. The lowest BCUT2D eigenvalue weighted by Gasteiger charge is -2.37. The number of halogens is 1. The van der Waals surface area contributed by atoms with E-state index in [4.69, 9.17) is 16.3 Å². The summed E-state index contributed by atoms with van der Waals surface area (Å²) >= 11 is 5.81. The number of fused-ring (bicyclic) bond motifs is 1. The summed E-state index contributed by atoms with van der Waals surface area (Å²) < 4.78 is 5.50. The van der Waals surface area contributed by atoms with Crippen LogP contribution >= 0.6 is 11.6 Å². The average molecular weight is 323 g/mol. The molecule has 2 aliphatic rings. The van der Waals surface area contributed by atoms with Crippen molar-refractivity contribution in [3.8, 4) is 5.75 Å². The van der Waals surface area contributed by atoms with E-state index < -0.39 is 0 Å². The average Bonchev–Trinajstić information content (AvgIpc) is 2.81. The highest BCUT2D eigenvalue weighted by atomic mass is 35.5. The number of amides is 2. The van der Waals surface area contributed by atoms with Crippen LogP contribution in [0.2, 0.25) is 5.02 Å². The largest absolute Gasteiger partial charge is 0.484 e. The van der Waals surface area contributed by atoms with Gasteiger partial charge in [0.25, 0.3) is 5.91 Å². The lowest BCUT2D eigenvalue weighted by molar-refractivity contribution is -0.137. The zero-order valence-corrected chi connectivity index (χ0v) is 13.3. The summed E-state index contributed by atoms with van der Waals surface area (Å²) in [5.41, 5.74) is 0. The Kier molecular flexibility index (Phi) is 4.25. The zero-order chi connectivity index (χ0) is 15.7. The molecular weight excluding hydrogens is 304 g/mol. The van der Waals surface area contributed by atoms with Crippen LogP contribution in [0, 0.1) is 5.92 Å². The van der Waals surface area contributed by atoms with Gasteiger partial charge >= 0.3 is 0 Å². The van der Waals surface area contributed by atoms with Gasteiger partial charge in [-0.1, -0.05) is 11.6 Å². The SMILES string of the molecule is CN1C(=O)C[C@H]2CCN(C(=O)COc3ccc(Cl)cc3)C[C@H]21. The summed E-state index contributed by atoms with van der Waals surface area (Å²) in [6, 6.07) is 7.09. The van der Waals surface area contributed by atoms with Crippen LogP contribution in [0.15, 0.2) is 24.3 Å². The molecule has 0 aliphatic carbocycles. The van der Waals surface area contributed by atoms with E-state index in [2.05, 4.69) is 0 Å². The number of benzene rings is 1. The van der Waals surface area contributed by atoms with Crippen molar-refractivity contribution in [2.75, 3.05) is 26.7 Å². The number of carbonyl (C=O) groups is 2. The highest BCUT2D eigenvalue weighted by molar-refractivity contribution is 6.30. The number of hydrogen-bond acceptors (Lipinski definition) is 3. The van der Waals surface area contributed by atoms with E-state index in [-0.39, 0.29) is 24.5 Å². The number of likely N-dealkylation sites (N-methyl/N-ethyl adjacent to an activating group) is 1. The van der Waals surface area contributed by atoms with Crippen LogP contribution in [0.25, 0.3) is 0 Å². The summed E-state index contributed by atoms with van der Waals surface area (Å²) in [6.07, 6.45) is 1.50. The van der Waals surface area contributed by atoms with Crippen LogP contribution in [0.1, 0.15) is 12.8 Å². The molecule has 0 aromatic heterocycles. The molecule has 22 heavy (non-hydrogen) atoms. The number of carbonyl (C=O) groups excluding carboxylic acids is 2. The number of ether oxygens (including phenoxy) is 1. The quantitative estimate of drug-likeness (QED) is 0.852. The molecule has 6 heteroatoms. The fourth-order valence-corrected chi connectivity index (χ4v) is 3.33. The summed E-state index contributed by atoms with van der Waals surface area (Å²) in [5.74, 6) is 1.15. The van der Waals surface area contributed by atoms with Gasteiger partial charge in [0.1, 0.15) is 5.75 Å². The molecule has 0 N–H and O–H groups in total. The minimum absolute atomic E-state index is 0.0106. The third kappa shape index (κ3) is 3.04. The van der Waals surface area contributed by atoms with Crippen LogP contribution in [-0.4, -0.2) is 54.4 Å². The van der Waals surface area contributed by atoms with Crippen LogP contribution in [-0.2, 0) is 9.59 Å². The van der Waals surface area contributed by atoms with E-state index in [0.29, 0.717) is 36.2 Å². The Bertz CT molecular complexity index is 575. The minimum atomic E-state index is -0.0406. The Hall–Kier alpha value is -1.75. The lowest BCUT2D eigenvalue weighted by atomic mass is 9.92. The maximum absolute atomic E-state index is 12.3. The van der Waals surface area contributed by atoms with Gasteiger partial charge in [0, 0.05) is 31.6 Å². The Morgan fingerprint density at radius 3 is 2.82 bits per heavy atom. The Labute approximate surface area is 134 Å². The van der Waals surface area contributed by atoms with Crippen LogP contribution in [0.3, 0.4) is 0 Å². The monoisotopic (exact) mass is 322 g/mol. The van der Waals surface area contributed by atoms with Crippen molar-refractivity contribution in [3.63, 3.8) is 0 Å². The molecule has 3 rings (SSSR count). The van der Waals surface area contributed by atoms with Gasteiger partial charge in [-0.15, -0.1) is 0 Å². The molecular formula is C16H19ClN2O3. The molecule has 1 aromatic rings. The summed E-state index contributed by atoms with van der Waals surface area (Å²) in [6.45, 7) is 1.32. The van der Waals surface area contributed by atoms with Crippen LogP contribution in [0.4, 0.5) is 0 Å². The molecule has 2 amide bonds. The van der Waals surface area contributed by atoms with E-state index in [0.717, 1.165) is 6.42 Å². The summed E-state index contributed by atoms with van der Waals surface area (Å²) in [5, 5.41) is 0.634. The summed E-state index contributed by atoms with van der Waals surface area (Å²) in [7, 11) is 1.82. The van der Waals surface area contributed by atoms with E-state index in [1.165, 1.54) is 0 Å². The van der Waals surface area contributed by atoms with Crippen molar-refractivity contribution in [1.29, 1.82) is 0 Å². The topological polar surface area (TPSA) is 49.9 Å². The van der Waals surface area contributed by atoms with Crippen molar-refractivity contribution < 1.29 is 14.3 Å². The molecule has 2 fully saturated rings. The Balaban J connectivity index is 1.54. The highest BCUT2D eigenvalue weighted by Gasteiger charge is 2.41. The molecule has 0 radical (unpaired) electrons. The van der Waals surface area contributed by atoms with Crippen molar-refractivity contribution in [3.05, 3.63) is 29.3 Å². The van der Waals surface area contributed by atoms with Crippen LogP contribution in [0.5, 0.6) is 5.75 Å². The molecule has 2 heterocycles. The van der Waals surface area contributed by atoms with Crippen molar-refractivity contribution in [1.82, 2.24) is 9.80 Å². The van der Waals surface area contributed by atoms with Gasteiger partial charge in [0.05, 0.1) is 6.04 Å². The smallest absolute Gasteiger partial charge is 0.260 e. The Morgan fingerprint density at radius 1 is 1.36 bits per heavy atom. The molecule has 0 saturated carbocycles. The van der Waals surface area contributed by atoms with E-state index in [1.807, 2.05) is 7.05 Å². The standard InChI is InChI=1S/C16H19ClN2O3/c1-18-14-9-19(7-6-11(14)8-15(18)20)16(21)10-22-13-4-2-12(17)3-5-13/h2-5,11,14H,6-10H2,1H3/t11-,14-/m1/s1. The fourth-order valence-electron chi connectivity index (χ4n) is 3.20. The first-order valence-corrected chi connectivity index (χ1v) is 7.84. The van der Waals surface area contributed by atoms with Gasteiger partial charge < -0.3 is 14.5 Å². The first kappa shape index (κ1) is 15.2. The summed E-state index contributed by atoms with van der Waals surface area (Å²) in [4.78, 5) is 27.6. The first-order valence-electron chi connectivity index (χ1n) is 7.46. The third-order valence-corrected chi connectivity index (χ3v) is 4.83. The number of rotatable bonds is 3. The maximum atomic E-state index is 12.3. The second kappa shape index (κ2) is 6.16. The maximum Gasteiger partial charge on any atom is 0.260 e. The van der Waals surface area contributed by atoms with Gasteiger partial charge in [-0.2, -0.15) is 0 Å². The van der Waals surface area contributed by atoms with E-state index in [1.54, 1.807) is 34.1 Å². The zero-order valence-electron chi connectivity index (χ0n) is 12.5. The van der Waals surface area contributed by atoms with E-state index >= 15 is 0 Å². The fraction of sp³-hybridized carbons (Fsp3) is 0.500.